The summed E-state index contributed by atoms with van der Waals surface area (Å²) in [5.41, 5.74) is 3.91. The highest BCUT2D eigenvalue weighted by Gasteiger charge is 1.98. The van der Waals surface area contributed by atoms with Gasteiger partial charge in [-0.3, -0.25) is 0 Å². The molecule has 0 rings (SSSR count). The fourth-order valence-corrected chi connectivity index (χ4v) is 0.618. The van der Waals surface area contributed by atoms with E-state index in [4.69, 9.17) is 0 Å². The van der Waals surface area contributed by atoms with Gasteiger partial charge < -0.3 is 5.73 Å². The lowest BCUT2D eigenvalue weighted by Crippen LogP contribution is -2.58. The average Bonchev–Trinajstić information content (AvgIpc) is 1.61. The molecule has 0 aromatic carbocycles. The summed E-state index contributed by atoms with van der Waals surface area (Å²) in [6.07, 6.45) is 2.60. The van der Waals surface area contributed by atoms with Crippen LogP contribution < -0.4 is 5.73 Å². The van der Waals surface area contributed by atoms with E-state index in [1.807, 2.05) is 0 Å². The molecule has 3 N–H and O–H groups in total. The maximum atomic E-state index is 3.91. The molecule has 0 saturated carbocycles. The van der Waals surface area contributed by atoms with Gasteiger partial charge in [0.25, 0.3) is 0 Å². The van der Waals surface area contributed by atoms with Crippen LogP contribution in [0.25, 0.3) is 0 Å². The Labute approximate surface area is 52.3 Å². The lowest BCUT2D eigenvalue weighted by Gasteiger charge is -2.03. The van der Waals surface area contributed by atoms with Crippen molar-refractivity contribution in [3.8, 4) is 0 Å². The van der Waals surface area contributed by atoms with Crippen molar-refractivity contribution in [3.63, 3.8) is 0 Å². The molecular formula is C7H18N+. The Morgan fingerprint density at radius 3 is 1.75 bits per heavy atom. The minimum Gasteiger partial charge on any atom is -0.355 e. The van der Waals surface area contributed by atoms with Crippen LogP contribution in [0.5, 0.6) is 0 Å². The standard InChI is InChI=1S/C7H17N/c1-6(2)4-5-7(3)8/h6-7H,4-5,8H2,1-3H3/p+1/t7-/m1/s1. The van der Waals surface area contributed by atoms with Crippen molar-refractivity contribution in [3.05, 3.63) is 0 Å². The van der Waals surface area contributed by atoms with Crippen LogP contribution in [0.15, 0.2) is 0 Å². The van der Waals surface area contributed by atoms with Crippen molar-refractivity contribution in [2.75, 3.05) is 0 Å². The van der Waals surface area contributed by atoms with Crippen LogP contribution in [-0.4, -0.2) is 6.04 Å². The van der Waals surface area contributed by atoms with E-state index >= 15 is 0 Å². The van der Waals surface area contributed by atoms with Crippen molar-refractivity contribution in [1.82, 2.24) is 0 Å². The van der Waals surface area contributed by atoms with Gasteiger partial charge in [0.2, 0.25) is 0 Å². The van der Waals surface area contributed by atoms with Crippen molar-refractivity contribution >= 4 is 0 Å². The molecule has 8 heavy (non-hydrogen) atoms. The Morgan fingerprint density at radius 1 is 1.12 bits per heavy atom. The third-order valence-electron chi connectivity index (χ3n) is 1.24. The zero-order valence-corrected chi connectivity index (χ0v) is 6.28. The van der Waals surface area contributed by atoms with Gasteiger partial charge >= 0.3 is 0 Å². The predicted molar refractivity (Wildman–Crippen MR) is 36.4 cm³/mol. The molecule has 50 valence electrons. The highest BCUT2D eigenvalue weighted by Crippen LogP contribution is 2.03. The molecule has 0 aliphatic carbocycles. The highest BCUT2D eigenvalue weighted by atomic mass is 14.6. The smallest absolute Gasteiger partial charge is 0.0815 e. The number of rotatable bonds is 3. The van der Waals surface area contributed by atoms with Gasteiger partial charge in [0.15, 0.2) is 0 Å². The maximum Gasteiger partial charge on any atom is 0.0815 e. The second kappa shape index (κ2) is 3.90. The molecule has 0 saturated heterocycles. The third kappa shape index (κ3) is 5.96. The summed E-state index contributed by atoms with van der Waals surface area (Å²) in [6.45, 7) is 6.67. The second-order valence-corrected chi connectivity index (χ2v) is 3.08. The molecule has 0 bridgehead atoms. The van der Waals surface area contributed by atoms with Crippen molar-refractivity contribution in [1.29, 1.82) is 0 Å². The second-order valence-electron chi connectivity index (χ2n) is 3.08. The first-order valence-electron chi connectivity index (χ1n) is 3.46. The largest absolute Gasteiger partial charge is 0.355 e. The molecule has 0 fully saturated rings. The van der Waals surface area contributed by atoms with Crippen LogP contribution in [0.2, 0.25) is 0 Å². The Bertz CT molecular complexity index is 40.3. The first-order valence-corrected chi connectivity index (χ1v) is 3.46. The molecular weight excluding hydrogens is 98.1 g/mol. The SMILES string of the molecule is CC(C)CC[C@@H](C)[NH3+]. The van der Waals surface area contributed by atoms with E-state index < -0.39 is 0 Å². The topological polar surface area (TPSA) is 27.6 Å². The number of hydrogen-bond acceptors (Lipinski definition) is 0. The molecule has 0 spiro atoms. The van der Waals surface area contributed by atoms with E-state index in [1.165, 1.54) is 12.8 Å². The lowest BCUT2D eigenvalue weighted by atomic mass is 10.1. The van der Waals surface area contributed by atoms with E-state index in [0.29, 0.717) is 6.04 Å². The van der Waals surface area contributed by atoms with Crippen molar-refractivity contribution < 1.29 is 5.73 Å². The lowest BCUT2D eigenvalue weighted by molar-refractivity contribution is -0.415. The summed E-state index contributed by atoms with van der Waals surface area (Å²) < 4.78 is 0. The van der Waals surface area contributed by atoms with E-state index in [1.54, 1.807) is 0 Å². The average molecular weight is 116 g/mol. The van der Waals surface area contributed by atoms with Crippen molar-refractivity contribution in [2.24, 2.45) is 5.92 Å². The molecule has 0 amide bonds. The molecule has 0 aromatic rings. The molecule has 0 aliphatic heterocycles. The van der Waals surface area contributed by atoms with Gasteiger partial charge in [0.1, 0.15) is 0 Å². The van der Waals surface area contributed by atoms with Gasteiger partial charge in [0.05, 0.1) is 6.04 Å². The quantitative estimate of drug-likeness (QED) is 0.571. The summed E-state index contributed by atoms with van der Waals surface area (Å²) in [6, 6.07) is 0.636. The van der Waals surface area contributed by atoms with Crippen LogP contribution in [0.4, 0.5) is 0 Å². The normalized spacial score (nSPS) is 14.6. The van der Waals surface area contributed by atoms with Gasteiger partial charge in [-0.25, -0.2) is 0 Å². The Morgan fingerprint density at radius 2 is 1.62 bits per heavy atom. The van der Waals surface area contributed by atoms with E-state index in [0.717, 1.165) is 5.92 Å². The van der Waals surface area contributed by atoms with E-state index in [-0.39, 0.29) is 0 Å². The summed E-state index contributed by atoms with van der Waals surface area (Å²) >= 11 is 0. The predicted octanol–water partition coefficient (Wildman–Crippen LogP) is 1.05. The maximum absolute atomic E-state index is 3.91. The molecule has 0 aromatic heterocycles. The summed E-state index contributed by atoms with van der Waals surface area (Å²) in [5, 5.41) is 0. The first-order chi connectivity index (χ1) is 3.63. The minimum absolute atomic E-state index is 0.636. The fraction of sp³-hybridized carbons (Fsp3) is 1.00. The Hall–Kier alpha value is -0.0400. The van der Waals surface area contributed by atoms with Crippen LogP contribution in [0.3, 0.4) is 0 Å². The Balaban J connectivity index is 2.93. The summed E-state index contributed by atoms with van der Waals surface area (Å²) in [7, 11) is 0. The molecule has 0 radical (unpaired) electrons. The zero-order valence-electron chi connectivity index (χ0n) is 6.28. The fourth-order valence-electron chi connectivity index (χ4n) is 0.618. The molecule has 0 heterocycles. The molecule has 0 aliphatic rings. The molecule has 0 unspecified atom stereocenters. The van der Waals surface area contributed by atoms with Crippen molar-refractivity contribution in [2.45, 2.75) is 39.7 Å². The number of hydrogen-bond donors (Lipinski definition) is 1. The van der Waals surface area contributed by atoms with E-state index in [9.17, 15) is 0 Å². The van der Waals surface area contributed by atoms with Crippen LogP contribution in [0.1, 0.15) is 33.6 Å². The Kier molecular flexibility index (Phi) is 3.88. The molecule has 1 atom stereocenters. The summed E-state index contributed by atoms with van der Waals surface area (Å²) in [4.78, 5) is 0. The first kappa shape index (κ1) is 7.96. The van der Waals surface area contributed by atoms with Gasteiger partial charge in [-0.1, -0.05) is 13.8 Å². The van der Waals surface area contributed by atoms with Gasteiger partial charge in [-0.05, 0) is 25.7 Å². The van der Waals surface area contributed by atoms with Gasteiger partial charge in [-0.15, -0.1) is 0 Å². The zero-order chi connectivity index (χ0) is 6.57. The minimum atomic E-state index is 0.636. The van der Waals surface area contributed by atoms with Crippen LogP contribution in [-0.2, 0) is 0 Å². The van der Waals surface area contributed by atoms with Gasteiger partial charge in [0, 0.05) is 0 Å². The van der Waals surface area contributed by atoms with Crippen LogP contribution in [0, 0.1) is 5.92 Å². The summed E-state index contributed by atoms with van der Waals surface area (Å²) in [5.74, 6) is 0.846. The third-order valence-corrected chi connectivity index (χ3v) is 1.24. The van der Waals surface area contributed by atoms with E-state index in [2.05, 4.69) is 26.5 Å². The molecule has 1 heteroatoms. The molecule has 1 nitrogen and oxygen atoms in total. The van der Waals surface area contributed by atoms with Gasteiger partial charge in [-0.2, -0.15) is 0 Å². The highest BCUT2D eigenvalue weighted by molar-refractivity contribution is 4.48. The van der Waals surface area contributed by atoms with Crippen LogP contribution >= 0.6 is 0 Å². The monoisotopic (exact) mass is 116 g/mol. The number of quaternary nitrogens is 1.